The Kier molecular flexibility index (Phi) is 2.28. The first-order chi connectivity index (χ1) is 7.72. The lowest BCUT2D eigenvalue weighted by atomic mass is 9.88. The van der Waals surface area contributed by atoms with Crippen molar-refractivity contribution in [1.82, 2.24) is 0 Å². The van der Waals surface area contributed by atoms with Gasteiger partial charge < -0.3 is 14.9 Å². The van der Waals surface area contributed by atoms with Crippen molar-refractivity contribution in [2.75, 3.05) is 0 Å². The first-order valence-electron chi connectivity index (χ1n) is 5.89. The van der Waals surface area contributed by atoms with E-state index in [0.29, 0.717) is 18.1 Å². The van der Waals surface area contributed by atoms with Gasteiger partial charge in [-0.1, -0.05) is 6.07 Å². The zero-order chi connectivity index (χ0) is 11.1. The lowest BCUT2D eigenvalue weighted by molar-refractivity contribution is -0.00407. The van der Waals surface area contributed by atoms with E-state index < -0.39 is 0 Å². The second-order valence-electron chi connectivity index (χ2n) is 4.87. The van der Waals surface area contributed by atoms with Crippen LogP contribution >= 0.6 is 0 Å². The smallest absolute Gasteiger partial charge is 0.122 e. The molecule has 2 saturated heterocycles. The molecule has 2 N–H and O–H groups in total. The van der Waals surface area contributed by atoms with Gasteiger partial charge in [0, 0.05) is 6.07 Å². The molecule has 2 fully saturated rings. The van der Waals surface area contributed by atoms with E-state index in [-0.39, 0.29) is 11.5 Å². The summed E-state index contributed by atoms with van der Waals surface area (Å²) < 4.78 is 5.78. The largest absolute Gasteiger partial charge is 0.508 e. The summed E-state index contributed by atoms with van der Waals surface area (Å²) in [4.78, 5) is 0. The third-order valence-corrected chi connectivity index (χ3v) is 3.74. The van der Waals surface area contributed by atoms with Gasteiger partial charge >= 0.3 is 0 Å². The molecule has 3 nitrogen and oxygen atoms in total. The monoisotopic (exact) mass is 220 g/mol. The number of ether oxygens (including phenoxy) is 1. The average molecular weight is 220 g/mol. The van der Waals surface area contributed by atoms with Crippen molar-refractivity contribution in [3.8, 4) is 11.5 Å². The Morgan fingerprint density at radius 2 is 1.75 bits per heavy atom. The van der Waals surface area contributed by atoms with Crippen LogP contribution in [-0.2, 0) is 4.74 Å². The van der Waals surface area contributed by atoms with Crippen LogP contribution in [-0.4, -0.2) is 22.4 Å². The maximum absolute atomic E-state index is 9.84. The molecule has 0 aliphatic carbocycles. The molecule has 0 radical (unpaired) electrons. The molecular weight excluding hydrogens is 204 g/mol. The molecular formula is C13H16O3. The zero-order valence-corrected chi connectivity index (χ0v) is 9.10. The first kappa shape index (κ1) is 9.97. The zero-order valence-electron chi connectivity index (χ0n) is 9.10. The van der Waals surface area contributed by atoms with Gasteiger partial charge in [-0.05, 0) is 43.2 Å². The summed E-state index contributed by atoms with van der Waals surface area (Å²) in [5.74, 6) is 0.717. The van der Waals surface area contributed by atoms with E-state index >= 15 is 0 Å². The van der Waals surface area contributed by atoms with Gasteiger partial charge in [-0.25, -0.2) is 0 Å². The summed E-state index contributed by atoms with van der Waals surface area (Å²) in [7, 11) is 0. The molecule has 2 aliphatic rings. The average Bonchev–Trinajstić information content (AvgIpc) is 2.58. The van der Waals surface area contributed by atoms with Gasteiger partial charge in [0.1, 0.15) is 11.5 Å². The van der Waals surface area contributed by atoms with Crippen LogP contribution in [0.1, 0.15) is 37.2 Å². The number of fused-ring (bicyclic) bond motifs is 2. The molecule has 3 rings (SSSR count). The summed E-state index contributed by atoms with van der Waals surface area (Å²) >= 11 is 0. The standard InChI is InChI=1S/C13H16O3/c14-9-1-4-12(13(15)7-9)8-5-10-2-3-11(6-8)16-10/h1,4,7-8,10-11,14-15H,2-3,5-6H2/t8?,10-,11+. The van der Waals surface area contributed by atoms with E-state index in [2.05, 4.69) is 0 Å². The van der Waals surface area contributed by atoms with E-state index in [1.807, 2.05) is 6.07 Å². The highest BCUT2D eigenvalue weighted by Crippen LogP contribution is 2.43. The van der Waals surface area contributed by atoms with Crippen molar-refractivity contribution in [3.05, 3.63) is 23.8 Å². The van der Waals surface area contributed by atoms with Crippen LogP contribution in [0.3, 0.4) is 0 Å². The molecule has 0 amide bonds. The molecule has 1 aromatic rings. The quantitative estimate of drug-likeness (QED) is 0.764. The van der Waals surface area contributed by atoms with Crippen molar-refractivity contribution >= 4 is 0 Å². The van der Waals surface area contributed by atoms with Crippen LogP contribution in [0.25, 0.3) is 0 Å². The third-order valence-electron chi connectivity index (χ3n) is 3.74. The second-order valence-corrected chi connectivity index (χ2v) is 4.87. The maximum Gasteiger partial charge on any atom is 0.122 e. The van der Waals surface area contributed by atoms with E-state index in [1.165, 1.54) is 6.07 Å². The first-order valence-corrected chi connectivity index (χ1v) is 5.89. The van der Waals surface area contributed by atoms with Gasteiger partial charge in [0.2, 0.25) is 0 Å². The Bertz CT molecular complexity index is 390. The number of aromatic hydroxyl groups is 2. The summed E-state index contributed by atoms with van der Waals surface area (Å²) in [6.07, 6.45) is 5.04. The fraction of sp³-hybridized carbons (Fsp3) is 0.538. The SMILES string of the molecule is Oc1ccc(C2C[C@H]3CC[C@@H](C2)O3)c(O)c1. The van der Waals surface area contributed by atoms with Gasteiger partial charge in [-0.15, -0.1) is 0 Å². The Morgan fingerprint density at radius 1 is 1.06 bits per heavy atom. The molecule has 2 aliphatic heterocycles. The minimum Gasteiger partial charge on any atom is -0.508 e. The molecule has 0 spiro atoms. The molecule has 2 bridgehead atoms. The highest BCUT2D eigenvalue weighted by molar-refractivity contribution is 5.41. The molecule has 16 heavy (non-hydrogen) atoms. The van der Waals surface area contributed by atoms with Crippen LogP contribution in [0.15, 0.2) is 18.2 Å². The second kappa shape index (κ2) is 3.67. The van der Waals surface area contributed by atoms with Gasteiger partial charge in [-0.2, -0.15) is 0 Å². The van der Waals surface area contributed by atoms with Gasteiger partial charge in [-0.3, -0.25) is 0 Å². The van der Waals surface area contributed by atoms with Crippen molar-refractivity contribution in [2.24, 2.45) is 0 Å². The van der Waals surface area contributed by atoms with Crippen LogP contribution in [0.2, 0.25) is 0 Å². The van der Waals surface area contributed by atoms with Crippen molar-refractivity contribution in [1.29, 1.82) is 0 Å². The number of phenols is 2. The molecule has 86 valence electrons. The van der Waals surface area contributed by atoms with Gasteiger partial charge in [0.15, 0.2) is 0 Å². The highest BCUT2D eigenvalue weighted by Gasteiger charge is 2.36. The van der Waals surface area contributed by atoms with Gasteiger partial charge in [0.05, 0.1) is 12.2 Å². The van der Waals surface area contributed by atoms with Crippen LogP contribution in [0.5, 0.6) is 11.5 Å². The highest BCUT2D eigenvalue weighted by atomic mass is 16.5. The van der Waals surface area contributed by atoms with Crippen LogP contribution < -0.4 is 0 Å². The van der Waals surface area contributed by atoms with E-state index in [9.17, 15) is 10.2 Å². The van der Waals surface area contributed by atoms with Crippen LogP contribution in [0.4, 0.5) is 0 Å². The minimum absolute atomic E-state index is 0.122. The Morgan fingerprint density at radius 3 is 2.38 bits per heavy atom. The Hall–Kier alpha value is -1.22. The van der Waals surface area contributed by atoms with E-state index in [0.717, 1.165) is 31.2 Å². The summed E-state index contributed by atoms with van der Waals surface area (Å²) in [6.45, 7) is 0. The molecule has 0 aromatic heterocycles. The molecule has 3 heteroatoms. The molecule has 1 aromatic carbocycles. The van der Waals surface area contributed by atoms with Crippen molar-refractivity contribution in [3.63, 3.8) is 0 Å². The lowest BCUT2D eigenvalue weighted by Gasteiger charge is -2.29. The minimum atomic E-state index is 0.122. The van der Waals surface area contributed by atoms with E-state index in [1.54, 1.807) is 6.07 Å². The van der Waals surface area contributed by atoms with Crippen molar-refractivity contribution < 1.29 is 14.9 Å². The van der Waals surface area contributed by atoms with Gasteiger partial charge in [0.25, 0.3) is 0 Å². The molecule has 0 saturated carbocycles. The summed E-state index contributed by atoms with van der Waals surface area (Å²) in [5, 5.41) is 19.1. The maximum atomic E-state index is 9.84. The predicted molar refractivity (Wildman–Crippen MR) is 59.6 cm³/mol. The van der Waals surface area contributed by atoms with Crippen molar-refractivity contribution in [2.45, 2.75) is 43.8 Å². The number of rotatable bonds is 1. The van der Waals surface area contributed by atoms with E-state index in [4.69, 9.17) is 4.74 Å². The Balaban J connectivity index is 1.87. The topological polar surface area (TPSA) is 49.7 Å². The number of hydrogen-bond acceptors (Lipinski definition) is 3. The number of hydrogen-bond donors (Lipinski definition) is 2. The Labute approximate surface area is 94.7 Å². The number of phenolic OH excluding ortho intramolecular Hbond substituents is 2. The lowest BCUT2D eigenvalue weighted by Crippen LogP contribution is -2.23. The predicted octanol–water partition coefficient (Wildman–Crippen LogP) is 2.52. The fourth-order valence-corrected chi connectivity index (χ4v) is 2.99. The number of benzene rings is 1. The molecule has 2 heterocycles. The molecule has 1 unspecified atom stereocenters. The molecule has 3 atom stereocenters. The summed E-state index contributed by atoms with van der Waals surface area (Å²) in [5.41, 5.74) is 0.956. The van der Waals surface area contributed by atoms with Crippen LogP contribution in [0, 0.1) is 0 Å². The summed E-state index contributed by atoms with van der Waals surface area (Å²) in [6, 6.07) is 4.90. The third kappa shape index (κ3) is 1.65. The normalized spacial score (nSPS) is 32.9. The fourth-order valence-electron chi connectivity index (χ4n) is 2.99.